The summed E-state index contributed by atoms with van der Waals surface area (Å²) in [7, 11) is 0. The van der Waals surface area contributed by atoms with Crippen molar-refractivity contribution in [3.8, 4) is 0 Å². The minimum atomic E-state index is -0.405. The number of hydrogen-bond acceptors (Lipinski definition) is 5. The molecular formula is C13H21N3O2S. The smallest absolute Gasteiger partial charge is 0.290 e. The Morgan fingerprint density at radius 3 is 2.68 bits per heavy atom. The normalized spacial score (nSPS) is 10.4. The average molecular weight is 283 g/mol. The molecule has 106 valence electrons. The Hall–Kier alpha value is -1.30. The Morgan fingerprint density at radius 1 is 1.32 bits per heavy atom. The van der Waals surface area contributed by atoms with Crippen LogP contribution in [0, 0.1) is 17.0 Å². The fourth-order valence-corrected chi connectivity index (χ4v) is 2.28. The molecule has 1 rings (SSSR count). The van der Waals surface area contributed by atoms with Gasteiger partial charge in [0, 0.05) is 12.6 Å². The Labute approximate surface area is 118 Å². The molecule has 1 N–H and O–H groups in total. The standard InChI is InChI=1S/C13H21N3O2S/c1-11-12(16(17)18)7-8-13(15-11)14-9-5-3-4-6-10-19-2/h7-8H,3-6,9-10H2,1-2H3,(H,14,15). The molecule has 0 radical (unpaired) electrons. The van der Waals surface area contributed by atoms with Crippen molar-refractivity contribution in [3.63, 3.8) is 0 Å². The van der Waals surface area contributed by atoms with Crippen LogP contribution in [0.5, 0.6) is 0 Å². The largest absolute Gasteiger partial charge is 0.370 e. The topological polar surface area (TPSA) is 68.1 Å². The van der Waals surface area contributed by atoms with E-state index >= 15 is 0 Å². The number of nitrogens with one attached hydrogen (secondary N) is 1. The summed E-state index contributed by atoms with van der Waals surface area (Å²) in [4.78, 5) is 14.4. The first-order valence-corrected chi connectivity index (χ1v) is 7.89. The van der Waals surface area contributed by atoms with Crippen molar-refractivity contribution < 1.29 is 4.92 Å². The van der Waals surface area contributed by atoms with Gasteiger partial charge in [0.25, 0.3) is 5.69 Å². The second kappa shape index (κ2) is 8.74. The minimum Gasteiger partial charge on any atom is -0.370 e. The third-order valence-electron chi connectivity index (χ3n) is 2.84. The van der Waals surface area contributed by atoms with Crippen LogP contribution in [0.2, 0.25) is 0 Å². The lowest BCUT2D eigenvalue weighted by Crippen LogP contribution is -2.05. The molecule has 0 atom stereocenters. The molecule has 19 heavy (non-hydrogen) atoms. The van der Waals surface area contributed by atoms with Gasteiger partial charge < -0.3 is 5.32 Å². The SMILES string of the molecule is CSCCCCCCNc1ccc([N+](=O)[O-])c(C)n1. The summed E-state index contributed by atoms with van der Waals surface area (Å²) in [6.07, 6.45) is 6.97. The molecule has 6 heteroatoms. The Balaban J connectivity index is 2.26. The van der Waals surface area contributed by atoms with Crippen molar-refractivity contribution in [2.24, 2.45) is 0 Å². The lowest BCUT2D eigenvalue weighted by atomic mass is 10.2. The van der Waals surface area contributed by atoms with Gasteiger partial charge in [0.05, 0.1) is 4.92 Å². The molecule has 1 aromatic heterocycles. The zero-order valence-corrected chi connectivity index (χ0v) is 12.3. The minimum absolute atomic E-state index is 0.0719. The summed E-state index contributed by atoms with van der Waals surface area (Å²) in [6.45, 7) is 2.52. The molecular weight excluding hydrogens is 262 g/mol. The number of anilines is 1. The summed E-state index contributed by atoms with van der Waals surface area (Å²) < 4.78 is 0. The van der Waals surface area contributed by atoms with Gasteiger partial charge in [-0.05, 0) is 37.8 Å². The molecule has 0 unspecified atom stereocenters. The summed E-state index contributed by atoms with van der Waals surface area (Å²) in [6, 6.07) is 3.17. The van der Waals surface area contributed by atoms with Crippen LogP contribution < -0.4 is 5.32 Å². The van der Waals surface area contributed by atoms with Crippen molar-refractivity contribution in [1.29, 1.82) is 0 Å². The number of unbranched alkanes of at least 4 members (excludes halogenated alkanes) is 3. The van der Waals surface area contributed by atoms with Crippen molar-refractivity contribution in [2.45, 2.75) is 32.6 Å². The van der Waals surface area contributed by atoms with Gasteiger partial charge in [0.1, 0.15) is 11.5 Å². The zero-order chi connectivity index (χ0) is 14.1. The monoisotopic (exact) mass is 283 g/mol. The fraction of sp³-hybridized carbons (Fsp3) is 0.615. The number of hydrogen-bond donors (Lipinski definition) is 1. The third kappa shape index (κ3) is 5.92. The Bertz CT molecular complexity index is 413. The summed E-state index contributed by atoms with van der Waals surface area (Å²) in [5.41, 5.74) is 0.526. The predicted molar refractivity (Wildman–Crippen MR) is 81.0 cm³/mol. The van der Waals surface area contributed by atoms with Crippen molar-refractivity contribution >= 4 is 23.3 Å². The maximum atomic E-state index is 10.7. The molecule has 0 aliphatic heterocycles. The quantitative estimate of drug-likeness (QED) is 0.426. The van der Waals surface area contributed by atoms with Gasteiger partial charge in [-0.3, -0.25) is 10.1 Å². The summed E-state index contributed by atoms with van der Waals surface area (Å²) >= 11 is 1.89. The van der Waals surface area contributed by atoms with E-state index in [9.17, 15) is 10.1 Å². The van der Waals surface area contributed by atoms with Crippen LogP contribution in [0.4, 0.5) is 11.5 Å². The van der Waals surface area contributed by atoms with Crippen molar-refractivity contribution in [1.82, 2.24) is 4.98 Å². The second-order valence-corrected chi connectivity index (χ2v) is 5.38. The molecule has 0 aliphatic rings. The van der Waals surface area contributed by atoms with Crippen LogP contribution in [0.15, 0.2) is 12.1 Å². The van der Waals surface area contributed by atoms with Gasteiger partial charge in [-0.15, -0.1) is 0 Å². The highest BCUT2D eigenvalue weighted by molar-refractivity contribution is 7.98. The maximum Gasteiger partial charge on any atom is 0.290 e. The van der Waals surface area contributed by atoms with Gasteiger partial charge in [-0.1, -0.05) is 12.8 Å². The van der Waals surface area contributed by atoms with Crippen LogP contribution in [0.3, 0.4) is 0 Å². The van der Waals surface area contributed by atoms with E-state index in [1.807, 2.05) is 11.8 Å². The predicted octanol–water partition coefficient (Wildman–Crippen LogP) is 3.63. The molecule has 0 saturated carbocycles. The number of rotatable bonds is 9. The van der Waals surface area contributed by atoms with Gasteiger partial charge in [-0.2, -0.15) is 11.8 Å². The van der Waals surface area contributed by atoms with E-state index in [0.717, 1.165) is 13.0 Å². The molecule has 1 aromatic rings. The van der Waals surface area contributed by atoms with Crippen LogP contribution in [0.25, 0.3) is 0 Å². The molecule has 0 aromatic carbocycles. The van der Waals surface area contributed by atoms with Crippen LogP contribution in [-0.2, 0) is 0 Å². The van der Waals surface area contributed by atoms with Crippen LogP contribution >= 0.6 is 11.8 Å². The number of nitro groups is 1. The molecule has 0 fully saturated rings. The highest BCUT2D eigenvalue weighted by Gasteiger charge is 2.11. The zero-order valence-electron chi connectivity index (χ0n) is 11.5. The van der Waals surface area contributed by atoms with E-state index in [1.165, 1.54) is 31.1 Å². The molecule has 0 spiro atoms. The molecule has 0 amide bonds. The first-order valence-electron chi connectivity index (χ1n) is 6.50. The van der Waals surface area contributed by atoms with Crippen LogP contribution in [-0.4, -0.2) is 28.5 Å². The highest BCUT2D eigenvalue weighted by Crippen LogP contribution is 2.17. The number of nitrogens with zero attached hydrogens (tertiary/aromatic N) is 2. The summed E-state index contributed by atoms with van der Waals surface area (Å²) in [5.74, 6) is 1.95. The van der Waals surface area contributed by atoms with Gasteiger partial charge in [0.2, 0.25) is 0 Å². The molecule has 5 nitrogen and oxygen atoms in total. The molecule has 0 saturated heterocycles. The first-order chi connectivity index (χ1) is 9.15. The lowest BCUT2D eigenvalue weighted by molar-refractivity contribution is -0.385. The lowest BCUT2D eigenvalue weighted by Gasteiger charge is -2.06. The van der Waals surface area contributed by atoms with Gasteiger partial charge in [-0.25, -0.2) is 4.98 Å². The van der Waals surface area contributed by atoms with E-state index in [1.54, 1.807) is 13.0 Å². The fourth-order valence-electron chi connectivity index (χ4n) is 1.79. The highest BCUT2D eigenvalue weighted by atomic mass is 32.2. The molecule has 0 bridgehead atoms. The average Bonchev–Trinajstić information content (AvgIpc) is 2.37. The number of aromatic nitrogens is 1. The van der Waals surface area contributed by atoms with E-state index in [4.69, 9.17) is 0 Å². The van der Waals surface area contributed by atoms with Crippen molar-refractivity contribution in [2.75, 3.05) is 23.9 Å². The number of pyridine rings is 1. The van der Waals surface area contributed by atoms with Crippen molar-refractivity contribution in [3.05, 3.63) is 27.9 Å². The van der Waals surface area contributed by atoms with E-state index in [-0.39, 0.29) is 5.69 Å². The number of aryl methyl sites for hydroxylation is 1. The molecule has 1 heterocycles. The second-order valence-electron chi connectivity index (χ2n) is 4.39. The van der Waals surface area contributed by atoms with Crippen LogP contribution in [0.1, 0.15) is 31.4 Å². The Kier molecular flexibility index (Phi) is 7.25. The van der Waals surface area contributed by atoms with Gasteiger partial charge in [0.15, 0.2) is 0 Å². The van der Waals surface area contributed by atoms with E-state index in [2.05, 4.69) is 16.6 Å². The first kappa shape index (κ1) is 15.8. The van der Waals surface area contributed by atoms with Gasteiger partial charge >= 0.3 is 0 Å². The maximum absolute atomic E-state index is 10.7. The van der Waals surface area contributed by atoms with E-state index < -0.39 is 4.92 Å². The third-order valence-corrected chi connectivity index (χ3v) is 3.53. The number of thioether (sulfide) groups is 1. The van der Waals surface area contributed by atoms with E-state index in [0.29, 0.717) is 11.5 Å². The molecule has 0 aliphatic carbocycles. The Morgan fingerprint density at radius 2 is 2.05 bits per heavy atom. The summed E-state index contributed by atoms with van der Waals surface area (Å²) in [5, 5.41) is 13.9.